The van der Waals surface area contributed by atoms with Crippen LogP contribution in [-0.4, -0.2) is 12.6 Å². The Labute approximate surface area is 115 Å². The number of carbonyl (C=O) groups excluding carboxylic acids is 1. The molecule has 0 aliphatic carbocycles. The fraction of sp³-hybridized carbons (Fsp3) is 0.500. The molecule has 0 aromatic heterocycles. The first-order valence-corrected chi connectivity index (χ1v) is 6.07. The molecule has 4 heteroatoms. The lowest BCUT2D eigenvalue weighted by Crippen LogP contribution is -2.34. The zero-order chi connectivity index (χ0) is 12.9. The van der Waals surface area contributed by atoms with E-state index in [4.69, 9.17) is 10.5 Å². The number of rotatable bonds is 5. The zero-order valence-corrected chi connectivity index (χ0v) is 12.0. The van der Waals surface area contributed by atoms with Gasteiger partial charge in [-0.25, -0.2) is 0 Å². The summed E-state index contributed by atoms with van der Waals surface area (Å²) in [5.74, 6) is -0.161. The van der Waals surface area contributed by atoms with Crippen LogP contribution in [0.2, 0.25) is 0 Å². The highest BCUT2D eigenvalue weighted by Gasteiger charge is 2.35. The van der Waals surface area contributed by atoms with Crippen molar-refractivity contribution in [2.24, 2.45) is 0 Å². The number of esters is 1. The van der Waals surface area contributed by atoms with Gasteiger partial charge in [0.1, 0.15) is 0 Å². The first kappa shape index (κ1) is 16.8. The molecule has 0 radical (unpaired) electrons. The predicted molar refractivity (Wildman–Crippen MR) is 77.0 cm³/mol. The molecule has 1 atom stereocenters. The van der Waals surface area contributed by atoms with Gasteiger partial charge in [-0.1, -0.05) is 25.5 Å². The number of ether oxygens (including phenoxy) is 1. The molecule has 1 aromatic rings. The third kappa shape index (κ3) is 3.64. The molecule has 1 aromatic carbocycles. The van der Waals surface area contributed by atoms with Crippen LogP contribution in [0.15, 0.2) is 24.3 Å². The molecule has 0 fully saturated rings. The van der Waals surface area contributed by atoms with Crippen molar-refractivity contribution in [2.75, 3.05) is 12.3 Å². The van der Waals surface area contributed by atoms with Crippen LogP contribution < -0.4 is 5.73 Å². The summed E-state index contributed by atoms with van der Waals surface area (Å²) in [5, 5.41) is 0. The minimum absolute atomic E-state index is 0. The van der Waals surface area contributed by atoms with E-state index in [1.165, 1.54) is 0 Å². The monoisotopic (exact) mass is 271 g/mol. The molecule has 0 amide bonds. The lowest BCUT2D eigenvalue weighted by Gasteiger charge is -2.27. The second-order valence-electron chi connectivity index (χ2n) is 4.42. The van der Waals surface area contributed by atoms with Gasteiger partial charge in [0, 0.05) is 5.69 Å². The highest BCUT2D eigenvalue weighted by atomic mass is 35.5. The van der Waals surface area contributed by atoms with Gasteiger partial charge in [-0.05, 0) is 38.0 Å². The van der Waals surface area contributed by atoms with E-state index in [9.17, 15) is 4.79 Å². The Hall–Kier alpha value is -1.22. The second-order valence-corrected chi connectivity index (χ2v) is 4.42. The van der Waals surface area contributed by atoms with Gasteiger partial charge in [-0.3, -0.25) is 4.79 Å². The number of hydrogen-bond donors (Lipinski definition) is 1. The van der Waals surface area contributed by atoms with Crippen molar-refractivity contribution >= 4 is 24.1 Å². The fourth-order valence-electron chi connectivity index (χ4n) is 2.01. The van der Waals surface area contributed by atoms with E-state index in [0.29, 0.717) is 12.3 Å². The van der Waals surface area contributed by atoms with Crippen molar-refractivity contribution in [3.63, 3.8) is 0 Å². The molecular weight excluding hydrogens is 250 g/mol. The van der Waals surface area contributed by atoms with Crippen molar-refractivity contribution < 1.29 is 9.53 Å². The molecule has 0 aliphatic rings. The predicted octanol–water partition coefficient (Wildman–Crippen LogP) is 3.31. The zero-order valence-electron chi connectivity index (χ0n) is 11.2. The Kier molecular flexibility index (Phi) is 6.77. The van der Waals surface area contributed by atoms with Crippen LogP contribution >= 0.6 is 12.4 Å². The molecule has 2 N–H and O–H groups in total. The van der Waals surface area contributed by atoms with E-state index >= 15 is 0 Å². The number of halogens is 1. The summed E-state index contributed by atoms with van der Waals surface area (Å²) in [6.45, 7) is 6.23. The topological polar surface area (TPSA) is 52.3 Å². The minimum atomic E-state index is -0.571. The molecule has 102 valence electrons. The van der Waals surface area contributed by atoms with E-state index in [0.717, 1.165) is 18.4 Å². The number of nitrogen functional groups attached to an aromatic ring is 1. The van der Waals surface area contributed by atoms with E-state index in [1.54, 1.807) is 0 Å². The van der Waals surface area contributed by atoms with E-state index in [2.05, 4.69) is 6.92 Å². The van der Waals surface area contributed by atoms with Gasteiger partial charge >= 0.3 is 5.97 Å². The standard InChI is InChI=1S/C14H21NO2.ClH/c1-4-10-14(3,13(16)17-5-2)11-6-8-12(15)9-7-11;/h6-9H,4-5,10,15H2,1-3H3;1H. The molecule has 0 saturated carbocycles. The van der Waals surface area contributed by atoms with Crippen LogP contribution in [0.4, 0.5) is 5.69 Å². The molecule has 3 nitrogen and oxygen atoms in total. The summed E-state index contributed by atoms with van der Waals surface area (Å²) in [5.41, 5.74) is 6.76. The van der Waals surface area contributed by atoms with Gasteiger partial charge < -0.3 is 10.5 Å². The van der Waals surface area contributed by atoms with E-state index in [1.807, 2.05) is 38.1 Å². The number of nitrogens with two attached hydrogens (primary N) is 1. The Morgan fingerprint density at radius 3 is 2.28 bits per heavy atom. The van der Waals surface area contributed by atoms with Crippen LogP contribution in [-0.2, 0) is 14.9 Å². The van der Waals surface area contributed by atoms with E-state index < -0.39 is 5.41 Å². The second kappa shape index (κ2) is 7.27. The Balaban J connectivity index is 0.00000289. The SMILES string of the molecule is CCCC(C)(C(=O)OCC)c1ccc(N)cc1.Cl. The Morgan fingerprint density at radius 1 is 1.28 bits per heavy atom. The van der Waals surface area contributed by atoms with Gasteiger partial charge in [0.15, 0.2) is 0 Å². The lowest BCUT2D eigenvalue weighted by atomic mass is 9.78. The maximum Gasteiger partial charge on any atom is 0.316 e. The average Bonchev–Trinajstić information content (AvgIpc) is 2.30. The van der Waals surface area contributed by atoms with Gasteiger partial charge in [-0.2, -0.15) is 0 Å². The molecular formula is C14H22ClNO2. The largest absolute Gasteiger partial charge is 0.465 e. The van der Waals surface area contributed by atoms with Crippen LogP contribution in [0.3, 0.4) is 0 Å². The maximum atomic E-state index is 12.1. The van der Waals surface area contributed by atoms with Crippen LogP contribution in [0.25, 0.3) is 0 Å². The summed E-state index contributed by atoms with van der Waals surface area (Å²) >= 11 is 0. The third-order valence-corrected chi connectivity index (χ3v) is 3.02. The molecule has 0 saturated heterocycles. The molecule has 0 heterocycles. The molecule has 0 bridgehead atoms. The highest BCUT2D eigenvalue weighted by molar-refractivity contribution is 5.85. The minimum Gasteiger partial charge on any atom is -0.465 e. The quantitative estimate of drug-likeness (QED) is 0.660. The maximum absolute atomic E-state index is 12.1. The molecule has 0 aliphatic heterocycles. The van der Waals surface area contributed by atoms with E-state index in [-0.39, 0.29) is 18.4 Å². The fourth-order valence-corrected chi connectivity index (χ4v) is 2.01. The van der Waals surface area contributed by atoms with Crippen LogP contribution in [0.1, 0.15) is 39.2 Å². The average molecular weight is 272 g/mol. The van der Waals surface area contributed by atoms with Gasteiger partial charge in [0.05, 0.1) is 12.0 Å². The number of carbonyl (C=O) groups is 1. The van der Waals surface area contributed by atoms with Gasteiger partial charge in [0.2, 0.25) is 0 Å². The normalized spacial score (nSPS) is 13.3. The Bertz CT molecular complexity index is 378. The highest BCUT2D eigenvalue weighted by Crippen LogP contribution is 2.31. The first-order valence-electron chi connectivity index (χ1n) is 6.07. The van der Waals surface area contributed by atoms with Gasteiger partial charge in [0.25, 0.3) is 0 Å². The third-order valence-electron chi connectivity index (χ3n) is 3.02. The smallest absolute Gasteiger partial charge is 0.316 e. The lowest BCUT2D eigenvalue weighted by molar-refractivity contribution is -0.149. The summed E-state index contributed by atoms with van der Waals surface area (Å²) in [4.78, 5) is 12.1. The first-order chi connectivity index (χ1) is 8.04. The molecule has 1 unspecified atom stereocenters. The molecule has 18 heavy (non-hydrogen) atoms. The summed E-state index contributed by atoms with van der Waals surface area (Å²) < 4.78 is 5.17. The van der Waals surface area contributed by atoms with Crippen molar-refractivity contribution in [1.29, 1.82) is 0 Å². The summed E-state index contributed by atoms with van der Waals surface area (Å²) in [6.07, 6.45) is 1.70. The van der Waals surface area contributed by atoms with Crippen molar-refractivity contribution in [3.05, 3.63) is 29.8 Å². The van der Waals surface area contributed by atoms with Crippen LogP contribution in [0.5, 0.6) is 0 Å². The van der Waals surface area contributed by atoms with Crippen molar-refractivity contribution in [2.45, 2.75) is 39.0 Å². The van der Waals surface area contributed by atoms with Crippen molar-refractivity contribution in [3.8, 4) is 0 Å². The summed E-state index contributed by atoms with van der Waals surface area (Å²) in [7, 11) is 0. The Morgan fingerprint density at radius 2 is 1.83 bits per heavy atom. The number of benzene rings is 1. The van der Waals surface area contributed by atoms with Gasteiger partial charge in [-0.15, -0.1) is 12.4 Å². The number of anilines is 1. The molecule has 0 spiro atoms. The van der Waals surface area contributed by atoms with Crippen LogP contribution in [0, 0.1) is 0 Å². The summed E-state index contributed by atoms with van der Waals surface area (Å²) in [6, 6.07) is 7.45. The number of hydrogen-bond acceptors (Lipinski definition) is 3. The van der Waals surface area contributed by atoms with Crippen molar-refractivity contribution in [1.82, 2.24) is 0 Å². The molecule has 1 rings (SSSR count).